The summed E-state index contributed by atoms with van der Waals surface area (Å²) in [5.41, 5.74) is 3.21. The summed E-state index contributed by atoms with van der Waals surface area (Å²) in [6.45, 7) is 4.11. The highest BCUT2D eigenvalue weighted by molar-refractivity contribution is 5.94. The number of carbonyl (C=O) groups is 1. The van der Waals surface area contributed by atoms with E-state index in [-0.39, 0.29) is 12.0 Å². The van der Waals surface area contributed by atoms with Gasteiger partial charge in [0.15, 0.2) is 0 Å². The van der Waals surface area contributed by atoms with E-state index in [2.05, 4.69) is 10.6 Å². The summed E-state index contributed by atoms with van der Waals surface area (Å²) < 4.78 is 0. The lowest BCUT2D eigenvalue weighted by Gasteiger charge is -2.07. The normalized spacial score (nSPS) is 15.2. The first-order chi connectivity index (χ1) is 8.66. The lowest BCUT2D eigenvalue weighted by molar-refractivity contribution is 0.0949. The molecule has 1 aliphatic rings. The molecule has 1 aliphatic heterocycles. The molecule has 0 aromatic heterocycles. The number of carbonyl (C=O) groups excluding carboxylic acids is 1. The summed E-state index contributed by atoms with van der Waals surface area (Å²) in [6, 6.07) is 5.84. The maximum atomic E-state index is 11.9. The van der Waals surface area contributed by atoms with Crippen LogP contribution in [0.25, 0.3) is 0 Å². The number of aliphatic hydroxyl groups excluding tert-OH is 1. The van der Waals surface area contributed by atoms with Crippen molar-refractivity contribution in [2.75, 3.05) is 6.54 Å². The number of aliphatic hydroxyl groups is 1. The van der Waals surface area contributed by atoms with E-state index in [1.54, 1.807) is 6.92 Å². The van der Waals surface area contributed by atoms with Crippen molar-refractivity contribution >= 4 is 5.91 Å². The van der Waals surface area contributed by atoms with E-state index in [0.29, 0.717) is 13.0 Å². The molecular weight excluding hydrogens is 228 g/mol. The van der Waals surface area contributed by atoms with Gasteiger partial charge in [0.05, 0.1) is 6.10 Å². The molecule has 3 N–H and O–H groups in total. The second kappa shape index (κ2) is 5.98. The fourth-order valence-corrected chi connectivity index (χ4v) is 2.14. The van der Waals surface area contributed by atoms with Crippen LogP contribution in [0.3, 0.4) is 0 Å². The van der Waals surface area contributed by atoms with E-state index in [0.717, 1.165) is 25.1 Å². The highest BCUT2D eigenvalue weighted by Gasteiger charge is 2.13. The quantitative estimate of drug-likeness (QED) is 0.686. The van der Waals surface area contributed by atoms with Gasteiger partial charge in [-0.2, -0.15) is 0 Å². The van der Waals surface area contributed by atoms with Crippen molar-refractivity contribution in [2.45, 2.75) is 39.0 Å². The van der Waals surface area contributed by atoms with Crippen molar-refractivity contribution in [1.82, 2.24) is 10.6 Å². The largest absolute Gasteiger partial charge is 0.393 e. The second-order valence-electron chi connectivity index (χ2n) is 4.83. The smallest absolute Gasteiger partial charge is 0.251 e. The third kappa shape index (κ3) is 3.31. The molecule has 0 bridgehead atoms. The molecular formula is C14H20N2O2. The predicted molar refractivity (Wildman–Crippen MR) is 70.2 cm³/mol. The molecule has 2 rings (SSSR count). The molecule has 1 unspecified atom stereocenters. The maximum Gasteiger partial charge on any atom is 0.251 e. The van der Waals surface area contributed by atoms with Crippen molar-refractivity contribution in [2.24, 2.45) is 0 Å². The minimum Gasteiger partial charge on any atom is -0.393 e. The molecule has 0 saturated heterocycles. The van der Waals surface area contributed by atoms with Crippen LogP contribution in [0.4, 0.5) is 0 Å². The Morgan fingerprint density at radius 2 is 2.22 bits per heavy atom. The summed E-state index contributed by atoms with van der Waals surface area (Å²) in [5, 5.41) is 15.3. The zero-order valence-corrected chi connectivity index (χ0v) is 10.7. The van der Waals surface area contributed by atoms with Crippen LogP contribution in [0.15, 0.2) is 18.2 Å². The van der Waals surface area contributed by atoms with Gasteiger partial charge in [-0.05, 0) is 43.0 Å². The van der Waals surface area contributed by atoms with E-state index in [1.807, 2.05) is 18.2 Å². The lowest BCUT2D eigenvalue weighted by Crippen LogP contribution is -2.25. The van der Waals surface area contributed by atoms with Crippen molar-refractivity contribution in [3.8, 4) is 0 Å². The molecule has 1 amide bonds. The Balaban J connectivity index is 1.85. The Hall–Kier alpha value is -1.39. The minimum absolute atomic E-state index is 0.0321. The van der Waals surface area contributed by atoms with Gasteiger partial charge in [0, 0.05) is 25.2 Å². The molecule has 1 aromatic carbocycles. The van der Waals surface area contributed by atoms with Gasteiger partial charge >= 0.3 is 0 Å². The first-order valence-electron chi connectivity index (χ1n) is 6.45. The number of fused-ring (bicyclic) bond motifs is 1. The number of amides is 1. The summed E-state index contributed by atoms with van der Waals surface area (Å²) in [7, 11) is 0. The first-order valence-corrected chi connectivity index (χ1v) is 6.45. The second-order valence-corrected chi connectivity index (χ2v) is 4.83. The molecule has 1 atom stereocenters. The fraction of sp³-hybridized carbons (Fsp3) is 0.500. The summed E-state index contributed by atoms with van der Waals surface area (Å²) in [5.74, 6) is -0.0321. The summed E-state index contributed by atoms with van der Waals surface area (Å²) in [4.78, 5) is 11.9. The molecule has 4 nitrogen and oxygen atoms in total. The van der Waals surface area contributed by atoms with E-state index in [9.17, 15) is 4.79 Å². The molecule has 0 fully saturated rings. The highest BCUT2D eigenvalue weighted by Crippen LogP contribution is 2.16. The third-order valence-corrected chi connectivity index (χ3v) is 3.18. The fourth-order valence-electron chi connectivity index (χ4n) is 2.14. The average Bonchev–Trinajstić information content (AvgIpc) is 2.81. The molecule has 0 aliphatic carbocycles. The number of benzene rings is 1. The van der Waals surface area contributed by atoms with Crippen molar-refractivity contribution in [1.29, 1.82) is 0 Å². The zero-order valence-electron chi connectivity index (χ0n) is 10.7. The third-order valence-electron chi connectivity index (χ3n) is 3.18. The molecule has 18 heavy (non-hydrogen) atoms. The van der Waals surface area contributed by atoms with Crippen LogP contribution in [-0.2, 0) is 13.1 Å². The summed E-state index contributed by atoms with van der Waals surface area (Å²) >= 11 is 0. The lowest BCUT2D eigenvalue weighted by atomic mass is 10.1. The Kier molecular flexibility index (Phi) is 4.33. The van der Waals surface area contributed by atoms with Crippen LogP contribution < -0.4 is 10.6 Å². The number of nitrogens with one attached hydrogen (secondary N) is 2. The van der Waals surface area contributed by atoms with Gasteiger partial charge in [0.2, 0.25) is 0 Å². The van der Waals surface area contributed by atoms with E-state index < -0.39 is 0 Å². The molecule has 4 heteroatoms. The van der Waals surface area contributed by atoms with Gasteiger partial charge in [-0.3, -0.25) is 4.79 Å². The van der Waals surface area contributed by atoms with E-state index >= 15 is 0 Å². The van der Waals surface area contributed by atoms with Gasteiger partial charge in [-0.1, -0.05) is 6.07 Å². The predicted octanol–water partition coefficient (Wildman–Crippen LogP) is 1.18. The monoisotopic (exact) mass is 248 g/mol. The van der Waals surface area contributed by atoms with Gasteiger partial charge < -0.3 is 15.7 Å². The number of hydrogen-bond donors (Lipinski definition) is 3. The molecule has 0 radical (unpaired) electrons. The van der Waals surface area contributed by atoms with Crippen LogP contribution in [0.2, 0.25) is 0 Å². The zero-order chi connectivity index (χ0) is 13.0. The maximum absolute atomic E-state index is 11.9. The molecule has 1 heterocycles. The highest BCUT2D eigenvalue weighted by atomic mass is 16.3. The molecule has 98 valence electrons. The van der Waals surface area contributed by atoms with Gasteiger partial charge in [-0.15, -0.1) is 0 Å². The number of rotatable bonds is 5. The number of hydrogen-bond acceptors (Lipinski definition) is 3. The van der Waals surface area contributed by atoms with Crippen molar-refractivity contribution in [3.05, 3.63) is 34.9 Å². The minimum atomic E-state index is -0.298. The Morgan fingerprint density at radius 1 is 1.44 bits per heavy atom. The van der Waals surface area contributed by atoms with E-state index in [4.69, 9.17) is 5.11 Å². The van der Waals surface area contributed by atoms with Crippen molar-refractivity contribution < 1.29 is 9.90 Å². The molecule has 1 aromatic rings. The molecule has 0 spiro atoms. The van der Waals surface area contributed by atoms with Crippen LogP contribution in [0.5, 0.6) is 0 Å². The standard InChI is InChI=1S/C14H20N2O2/c1-10(17)3-2-6-16-14(18)11-4-5-12-8-15-9-13(12)7-11/h4-5,7,10,15,17H,2-3,6,8-9H2,1H3,(H,16,18). The van der Waals surface area contributed by atoms with Gasteiger partial charge in [-0.25, -0.2) is 0 Å². The van der Waals surface area contributed by atoms with Crippen LogP contribution in [0, 0.1) is 0 Å². The van der Waals surface area contributed by atoms with Crippen LogP contribution in [0.1, 0.15) is 41.3 Å². The van der Waals surface area contributed by atoms with E-state index in [1.165, 1.54) is 11.1 Å². The Morgan fingerprint density at radius 3 is 3.00 bits per heavy atom. The van der Waals surface area contributed by atoms with Crippen LogP contribution >= 0.6 is 0 Å². The van der Waals surface area contributed by atoms with Gasteiger partial charge in [0.25, 0.3) is 5.91 Å². The Labute approximate surface area is 107 Å². The van der Waals surface area contributed by atoms with Gasteiger partial charge in [0.1, 0.15) is 0 Å². The Bertz CT molecular complexity index is 430. The van der Waals surface area contributed by atoms with Crippen molar-refractivity contribution in [3.63, 3.8) is 0 Å². The topological polar surface area (TPSA) is 61.4 Å². The molecule has 0 saturated carbocycles. The first kappa shape index (κ1) is 13.1. The SMILES string of the molecule is CC(O)CCCNC(=O)c1ccc2c(c1)CNC2. The average molecular weight is 248 g/mol. The van der Waals surface area contributed by atoms with Crippen LogP contribution in [-0.4, -0.2) is 23.7 Å². The summed E-state index contributed by atoms with van der Waals surface area (Å²) in [6.07, 6.45) is 1.22.